The molecule has 6 nitrogen and oxygen atoms in total. The Bertz CT molecular complexity index is 1050. The Balaban J connectivity index is 1.12. The van der Waals surface area contributed by atoms with Crippen LogP contribution in [0, 0.1) is 11.8 Å². The molecule has 2 aromatic carbocycles. The summed E-state index contributed by atoms with van der Waals surface area (Å²) in [5, 5.41) is 9.01. The van der Waals surface area contributed by atoms with Gasteiger partial charge in [0.15, 0.2) is 11.4 Å². The maximum absolute atomic E-state index is 6.23. The number of anilines is 1. The van der Waals surface area contributed by atoms with Crippen LogP contribution in [0.5, 0.6) is 5.75 Å². The van der Waals surface area contributed by atoms with E-state index in [0.29, 0.717) is 17.9 Å². The normalized spacial score (nSPS) is 21.5. The first-order valence-electron chi connectivity index (χ1n) is 12.4. The van der Waals surface area contributed by atoms with E-state index in [1.807, 2.05) is 12.1 Å². The van der Waals surface area contributed by atoms with Crippen molar-refractivity contribution in [1.29, 1.82) is 0 Å². The number of para-hydroxylation sites is 1. The van der Waals surface area contributed by atoms with Crippen molar-refractivity contribution in [3.8, 4) is 5.75 Å². The number of benzene rings is 2. The Morgan fingerprint density at radius 2 is 2.00 bits per heavy atom. The highest BCUT2D eigenvalue weighted by atomic mass is 16.5. The highest BCUT2D eigenvalue weighted by Gasteiger charge is 2.34. The third-order valence-corrected chi connectivity index (χ3v) is 6.93. The van der Waals surface area contributed by atoms with E-state index in [-0.39, 0.29) is 0 Å². The van der Waals surface area contributed by atoms with Crippen molar-refractivity contribution < 1.29 is 9.26 Å². The van der Waals surface area contributed by atoms with Gasteiger partial charge in [0.2, 0.25) is 0 Å². The van der Waals surface area contributed by atoms with Crippen molar-refractivity contribution in [2.75, 3.05) is 44.2 Å². The van der Waals surface area contributed by atoms with Crippen molar-refractivity contribution in [2.45, 2.75) is 39.3 Å². The molecule has 3 aromatic rings. The Morgan fingerprint density at radius 1 is 1.09 bits per heavy atom. The van der Waals surface area contributed by atoms with Gasteiger partial charge in [-0.15, -0.1) is 0 Å². The lowest BCUT2D eigenvalue weighted by atomic mass is 9.91. The molecule has 1 N–H and O–H groups in total. The standard InChI is InChI=1S/C27H36N4O2/c1-20(2)15-28-16-21-6-5-7-24(14-21)32-19-22-10-11-23-18-31(13-12-30(23)17-22)27-25-8-3-4-9-26(25)33-29-27/h3-9,14,20,22-23,28H,10-13,15-19H2,1-2H3. The molecule has 176 valence electrons. The summed E-state index contributed by atoms with van der Waals surface area (Å²) < 4.78 is 11.8. The van der Waals surface area contributed by atoms with Crippen LogP contribution in [-0.2, 0) is 6.54 Å². The zero-order valence-corrected chi connectivity index (χ0v) is 19.9. The van der Waals surface area contributed by atoms with Crippen LogP contribution in [-0.4, -0.2) is 55.4 Å². The Morgan fingerprint density at radius 3 is 2.91 bits per heavy atom. The van der Waals surface area contributed by atoms with E-state index in [1.54, 1.807) is 0 Å². The SMILES string of the molecule is CC(C)CNCc1cccc(OCC2CCC3CN(c4noc5ccccc45)CCN3C2)c1. The van der Waals surface area contributed by atoms with Gasteiger partial charge in [-0.2, -0.15) is 0 Å². The van der Waals surface area contributed by atoms with Crippen molar-refractivity contribution in [1.82, 2.24) is 15.4 Å². The van der Waals surface area contributed by atoms with Gasteiger partial charge in [-0.25, -0.2) is 0 Å². The van der Waals surface area contributed by atoms with Crippen molar-refractivity contribution in [3.05, 3.63) is 54.1 Å². The first-order valence-corrected chi connectivity index (χ1v) is 12.4. The largest absolute Gasteiger partial charge is 0.493 e. The number of hydrogen-bond acceptors (Lipinski definition) is 6. The number of piperazine rings is 1. The molecule has 33 heavy (non-hydrogen) atoms. The van der Waals surface area contributed by atoms with E-state index in [1.165, 1.54) is 18.4 Å². The molecule has 2 unspecified atom stereocenters. The summed E-state index contributed by atoms with van der Waals surface area (Å²) in [6, 6.07) is 17.3. The van der Waals surface area contributed by atoms with Crippen LogP contribution in [0.2, 0.25) is 0 Å². The molecule has 6 heteroatoms. The molecule has 2 saturated heterocycles. The molecule has 1 aromatic heterocycles. The third kappa shape index (κ3) is 5.33. The first-order chi connectivity index (χ1) is 16.2. The molecule has 5 rings (SSSR count). The van der Waals surface area contributed by atoms with E-state index < -0.39 is 0 Å². The van der Waals surface area contributed by atoms with Crippen LogP contribution in [0.3, 0.4) is 0 Å². The zero-order chi connectivity index (χ0) is 22.6. The lowest BCUT2D eigenvalue weighted by molar-refractivity contribution is 0.0726. The van der Waals surface area contributed by atoms with E-state index in [4.69, 9.17) is 9.26 Å². The lowest BCUT2D eigenvalue weighted by Crippen LogP contribution is -2.57. The van der Waals surface area contributed by atoms with E-state index in [9.17, 15) is 0 Å². The fraction of sp³-hybridized carbons (Fsp3) is 0.519. The first kappa shape index (κ1) is 22.2. The fourth-order valence-corrected chi connectivity index (χ4v) is 5.15. The molecule has 0 bridgehead atoms. The smallest absolute Gasteiger partial charge is 0.180 e. The van der Waals surface area contributed by atoms with Crippen LogP contribution < -0.4 is 15.0 Å². The van der Waals surface area contributed by atoms with E-state index in [0.717, 1.165) is 68.4 Å². The van der Waals surface area contributed by atoms with Gasteiger partial charge in [0.25, 0.3) is 0 Å². The van der Waals surface area contributed by atoms with Crippen LogP contribution in [0.25, 0.3) is 11.0 Å². The van der Waals surface area contributed by atoms with Crippen molar-refractivity contribution >= 4 is 16.8 Å². The highest BCUT2D eigenvalue weighted by Crippen LogP contribution is 2.31. The molecule has 0 saturated carbocycles. The van der Waals surface area contributed by atoms with Gasteiger partial charge >= 0.3 is 0 Å². The molecule has 2 atom stereocenters. The van der Waals surface area contributed by atoms with Gasteiger partial charge in [-0.1, -0.05) is 43.3 Å². The van der Waals surface area contributed by atoms with Gasteiger partial charge in [-0.05, 0) is 55.1 Å². The molecule has 0 aliphatic carbocycles. The topological polar surface area (TPSA) is 53.8 Å². The molecule has 2 aliphatic heterocycles. The lowest BCUT2D eigenvalue weighted by Gasteiger charge is -2.46. The number of rotatable bonds is 8. The van der Waals surface area contributed by atoms with E-state index >= 15 is 0 Å². The Labute approximate surface area is 196 Å². The summed E-state index contributed by atoms with van der Waals surface area (Å²) in [5.74, 6) is 3.24. The molecule has 0 amide bonds. The maximum Gasteiger partial charge on any atom is 0.180 e. The Kier molecular flexibility index (Phi) is 6.83. The quantitative estimate of drug-likeness (QED) is 0.546. The zero-order valence-electron chi connectivity index (χ0n) is 19.9. The third-order valence-electron chi connectivity index (χ3n) is 6.93. The van der Waals surface area contributed by atoms with E-state index in [2.05, 4.69) is 70.5 Å². The number of nitrogens with zero attached hydrogens (tertiary/aromatic N) is 3. The second-order valence-corrected chi connectivity index (χ2v) is 10.0. The summed E-state index contributed by atoms with van der Waals surface area (Å²) in [7, 11) is 0. The predicted octanol–water partition coefficient (Wildman–Crippen LogP) is 4.55. The van der Waals surface area contributed by atoms with Crippen LogP contribution in [0.4, 0.5) is 5.82 Å². The van der Waals surface area contributed by atoms with Gasteiger partial charge < -0.3 is 19.5 Å². The molecule has 0 spiro atoms. The van der Waals surface area contributed by atoms with Crippen molar-refractivity contribution in [3.63, 3.8) is 0 Å². The van der Waals surface area contributed by atoms with Gasteiger partial charge in [0.05, 0.1) is 12.0 Å². The van der Waals surface area contributed by atoms with Gasteiger partial charge in [0.1, 0.15) is 5.75 Å². The number of piperidine rings is 1. The van der Waals surface area contributed by atoms with Crippen LogP contribution in [0.15, 0.2) is 53.1 Å². The number of aromatic nitrogens is 1. The average Bonchev–Trinajstić information content (AvgIpc) is 3.27. The second-order valence-electron chi connectivity index (χ2n) is 10.0. The van der Waals surface area contributed by atoms with Gasteiger partial charge in [-0.3, -0.25) is 4.90 Å². The number of fused-ring (bicyclic) bond motifs is 2. The number of hydrogen-bond donors (Lipinski definition) is 1. The summed E-state index contributed by atoms with van der Waals surface area (Å²) >= 11 is 0. The molecule has 3 heterocycles. The monoisotopic (exact) mass is 448 g/mol. The minimum Gasteiger partial charge on any atom is -0.493 e. The molecule has 2 fully saturated rings. The summed E-state index contributed by atoms with van der Waals surface area (Å²) in [6.45, 7) is 11.4. The molecule has 0 radical (unpaired) electrons. The van der Waals surface area contributed by atoms with Crippen LogP contribution in [0.1, 0.15) is 32.3 Å². The summed E-state index contributed by atoms with van der Waals surface area (Å²) in [6.07, 6.45) is 2.42. The summed E-state index contributed by atoms with van der Waals surface area (Å²) in [4.78, 5) is 5.06. The highest BCUT2D eigenvalue weighted by molar-refractivity contribution is 5.88. The number of nitrogens with one attached hydrogen (secondary N) is 1. The molecule has 2 aliphatic rings. The minimum absolute atomic E-state index is 0.584. The molecular formula is C27H36N4O2. The number of ether oxygens (including phenoxy) is 1. The summed E-state index contributed by atoms with van der Waals surface area (Å²) in [5.41, 5.74) is 2.16. The van der Waals surface area contributed by atoms with Crippen molar-refractivity contribution in [2.24, 2.45) is 11.8 Å². The fourth-order valence-electron chi connectivity index (χ4n) is 5.15. The average molecular weight is 449 g/mol. The Hall–Kier alpha value is -2.57. The van der Waals surface area contributed by atoms with Gasteiger partial charge in [0, 0.05) is 44.7 Å². The van der Waals surface area contributed by atoms with Crippen LogP contribution >= 0.6 is 0 Å². The molecular weight excluding hydrogens is 412 g/mol. The predicted molar refractivity (Wildman–Crippen MR) is 133 cm³/mol. The second kappa shape index (κ2) is 10.1. The minimum atomic E-state index is 0.584. The maximum atomic E-state index is 6.23.